The molecular weight excluding hydrogens is 406 g/mol. The molecule has 0 amide bonds. The molecular formula is C18H20BrNO4S. The summed E-state index contributed by atoms with van der Waals surface area (Å²) in [5.74, 6) is 0.656. The summed E-state index contributed by atoms with van der Waals surface area (Å²) in [5.41, 5.74) is 2.65. The molecule has 7 heteroatoms. The van der Waals surface area contributed by atoms with Gasteiger partial charge in [0.05, 0.1) is 17.5 Å². The van der Waals surface area contributed by atoms with Crippen LogP contribution in [0.15, 0.2) is 27.1 Å². The highest BCUT2D eigenvalue weighted by molar-refractivity contribution is 9.10. The summed E-state index contributed by atoms with van der Waals surface area (Å²) in [6, 6.07) is 3.45. The number of hydrogen-bond donors (Lipinski definition) is 0. The summed E-state index contributed by atoms with van der Waals surface area (Å²) in [4.78, 5) is 12.5. The second-order valence-electron chi connectivity index (χ2n) is 6.23. The van der Waals surface area contributed by atoms with E-state index in [1.807, 2.05) is 6.92 Å². The van der Waals surface area contributed by atoms with Crippen molar-refractivity contribution in [1.82, 2.24) is 0 Å². The van der Waals surface area contributed by atoms with Crippen LogP contribution in [0.4, 0.5) is 5.69 Å². The van der Waals surface area contributed by atoms with Gasteiger partial charge in [-0.05, 0) is 46.8 Å². The van der Waals surface area contributed by atoms with Gasteiger partial charge in [-0.25, -0.2) is 8.42 Å². The van der Waals surface area contributed by atoms with Crippen LogP contribution in [0.3, 0.4) is 0 Å². The van der Waals surface area contributed by atoms with Gasteiger partial charge in [0.25, 0.3) is 0 Å². The average molecular weight is 426 g/mol. The topological polar surface area (TPSA) is 67.6 Å². The number of Topliss-reactive ketones (excluding diaryl/α,β-unsaturated/α-hetero) is 1. The first-order chi connectivity index (χ1) is 11.7. The van der Waals surface area contributed by atoms with Gasteiger partial charge in [-0.2, -0.15) is 0 Å². The zero-order valence-corrected chi connectivity index (χ0v) is 16.8. The van der Waals surface area contributed by atoms with E-state index in [1.54, 1.807) is 12.1 Å². The Kier molecular flexibility index (Phi) is 4.81. The average Bonchev–Trinajstić information content (AvgIpc) is 3.18. The molecule has 1 aliphatic carbocycles. The number of rotatable bonds is 5. The van der Waals surface area contributed by atoms with E-state index >= 15 is 0 Å². The molecule has 0 fully saturated rings. The minimum absolute atomic E-state index is 0.0256. The van der Waals surface area contributed by atoms with Crippen molar-refractivity contribution in [2.24, 2.45) is 0 Å². The Morgan fingerprint density at radius 1 is 1.36 bits per heavy atom. The highest BCUT2D eigenvalue weighted by Gasteiger charge is 2.25. The lowest BCUT2D eigenvalue weighted by atomic mass is 10.0. The van der Waals surface area contributed by atoms with Crippen LogP contribution in [0.1, 0.15) is 48.7 Å². The van der Waals surface area contributed by atoms with Gasteiger partial charge in [0.2, 0.25) is 10.0 Å². The largest absolute Gasteiger partial charge is 0.456 e. The molecule has 0 N–H and O–H groups in total. The zero-order valence-electron chi connectivity index (χ0n) is 14.4. The predicted octanol–water partition coefficient (Wildman–Crippen LogP) is 4.75. The minimum Gasteiger partial charge on any atom is -0.456 e. The van der Waals surface area contributed by atoms with Crippen molar-refractivity contribution in [3.05, 3.63) is 34.0 Å². The van der Waals surface area contributed by atoms with E-state index < -0.39 is 10.0 Å². The highest BCUT2D eigenvalue weighted by Crippen LogP contribution is 2.40. The number of fused-ring (bicyclic) bond motifs is 1. The predicted molar refractivity (Wildman–Crippen MR) is 104 cm³/mol. The molecule has 3 rings (SSSR count). The van der Waals surface area contributed by atoms with E-state index in [0.717, 1.165) is 31.1 Å². The number of carbonyl (C=O) groups is 1. The minimum atomic E-state index is -3.40. The molecule has 134 valence electrons. The number of sulfonamides is 1. The SMILES string of the molecule is CCC(=O)c1c(C2=CCCC2)oc2cc(N(C)S(C)(=O)=O)c(Br)cc12. The van der Waals surface area contributed by atoms with Crippen LogP contribution in [0.2, 0.25) is 0 Å². The van der Waals surface area contributed by atoms with Gasteiger partial charge in [-0.1, -0.05) is 13.0 Å². The zero-order chi connectivity index (χ0) is 18.4. The standard InChI is InChI=1S/C18H20BrNO4S/c1-4-15(21)17-12-9-13(19)14(20(2)25(3,22)23)10-16(12)24-18(17)11-7-5-6-8-11/h7,9-10H,4-6,8H2,1-3H3. The first-order valence-electron chi connectivity index (χ1n) is 8.16. The second-order valence-corrected chi connectivity index (χ2v) is 9.10. The quantitative estimate of drug-likeness (QED) is 0.647. The van der Waals surface area contributed by atoms with E-state index in [9.17, 15) is 13.2 Å². The molecule has 0 bridgehead atoms. The van der Waals surface area contributed by atoms with Crippen LogP contribution >= 0.6 is 15.9 Å². The molecule has 0 atom stereocenters. The van der Waals surface area contributed by atoms with Crippen LogP contribution in [-0.2, 0) is 10.0 Å². The Bertz CT molecular complexity index is 988. The van der Waals surface area contributed by atoms with Crippen LogP contribution in [0.25, 0.3) is 16.5 Å². The maximum Gasteiger partial charge on any atom is 0.232 e. The molecule has 0 saturated heterocycles. The van der Waals surface area contributed by atoms with Gasteiger partial charge < -0.3 is 4.42 Å². The van der Waals surface area contributed by atoms with Crippen LogP contribution in [-0.4, -0.2) is 27.5 Å². The third-order valence-electron chi connectivity index (χ3n) is 4.53. The number of ketones is 1. The van der Waals surface area contributed by atoms with Gasteiger partial charge in [-0.3, -0.25) is 9.10 Å². The number of anilines is 1. The molecule has 25 heavy (non-hydrogen) atoms. The van der Waals surface area contributed by atoms with Crippen molar-refractivity contribution in [3.63, 3.8) is 0 Å². The van der Waals surface area contributed by atoms with Gasteiger partial charge >= 0.3 is 0 Å². The monoisotopic (exact) mass is 425 g/mol. The van der Waals surface area contributed by atoms with Crippen molar-refractivity contribution >= 4 is 54.0 Å². The van der Waals surface area contributed by atoms with Crippen LogP contribution in [0, 0.1) is 0 Å². The number of nitrogens with zero attached hydrogens (tertiary/aromatic N) is 1. The van der Waals surface area contributed by atoms with E-state index in [0.29, 0.717) is 38.9 Å². The summed E-state index contributed by atoms with van der Waals surface area (Å²) in [6.45, 7) is 1.83. The van der Waals surface area contributed by atoms with E-state index in [4.69, 9.17) is 4.42 Å². The number of halogens is 1. The number of furan rings is 1. The van der Waals surface area contributed by atoms with Crippen molar-refractivity contribution in [2.45, 2.75) is 32.6 Å². The molecule has 0 aliphatic heterocycles. The Morgan fingerprint density at radius 3 is 2.64 bits per heavy atom. The normalized spacial score (nSPS) is 14.8. The van der Waals surface area contributed by atoms with Crippen LogP contribution < -0.4 is 4.31 Å². The molecule has 5 nitrogen and oxygen atoms in total. The fourth-order valence-corrected chi connectivity index (χ4v) is 4.32. The molecule has 0 unspecified atom stereocenters. The van der Waals surface area contributed by atoms with Crippen LogP contribution in [0.5, 0.6) is 0 Å². The Hall–Kier alpha value is -1.60. The summed E-state index contributed by atoms with van der Waals surface area (Å²) in [7, 11) is -1.91. The van der Waals surface area contributed by atoms with Gasteiger partial charge in [0, 0.05) is 29.4 Å². The first kappa shape index (κ1) is 18.2. The summed E-state index contributed by atoms with van der Waals surface area (Å²) in [6.07, 6.45) is 6.57. The van der Waals surface area contributed by atoms with E-state index in [1.165, 1.54) is 11.4 Å². The van der Waals surface area contributed by atoms with Gasteiger partial charge in [0.1, 0.15) is 11.3 Å². The molecule has 0 spiro atoms. The summed E-state index contributed by atoms with van der Waals surface area (Å²) < 4.78 is 31.6. The smallest absolute Gasteiger partial charge is 0.232 e. The molecule has 0 saturated carbocycles. The number of hydrogen-bond acceptors (Lipinski definition) is 4. The fourth-order valence-electron chi connectivity index (χ4n) is 3.08. The van der Waals surface area contributed by atoms with Gasteiger partial charge in [0.15, 0.2) is 5.78 Å². The first-order valence-corrected chi connectivity index (χ1v) is 10.8. The fraction of sp³-hybridized carbons (Fsp3) is 0.389. The second kappa shape index (κ2) is 6.61. The molecule has 1 aliphatic rings. The molecule has 1 aromatic carbocycles. The van der Waals surface area contributed by atoms with Crippen molar-refractivity contribution in [3.8, 4) is 0 Å². The molecule has 0 radical (unpaired) electrons. The summed E-state index contributed by atoms with van der Waals surface area (Å²) in [5, 5.41) is 0.715. The highest BCUT2D eigenvalue weighted by atomic mass is 79.9. The number of allylic oxidation sites excluding steroid dienone is 2. The molecule has 1 aromatic heterocycles. The Labute approximate surface area is 155 Å². The van der Waals surface area contributed by atoms with Crippen molar-refractivity contribution in [2.75, 3.05) is 17.6 Å². The Balaban J connectivity index is 2.27. The number of carbonyl (C=O) groups excluding carboxylic acids is 1. The third kappa shape index (κ3) is 3.27. The van der Waals surface area contributed by atoms with E-state index in [2.05, 4.69) is 22.0 Å². The maximum atomic E-state index is 12.5. The summed E-state index contributed by atoms with van der Waals surface area (Å²) >= 11 is 3.43. The molecule has 2 aromatic rings. The van der Waals surface area contributed by atoms with E-state index in [-0.39, 0.29) is 5.78 Å². The van der Waals surface area contributed by atoms with Crippen molar-refractivity contribution in [1.29, 1.82) is 0 Å². The van der Waals surface area contributed by atoms with Gasteiger partial charge in [-0.15, -0.1) is 0 Å². The Morgan fingerprint density at radius 2 is 2.08 bits per heavy atom. The third-order valence-corrected chi connectivity index (χ3v) is 6.35. The maximum absolute atomic E-state index is 12.5. The lowest BCUT2D eigenvalue weighted by molar-refractivity contribution is 0.0988. The molecule has 1 heterocycles. The van der Waals surface area contributed by atoms with Crippen molar-refractivity contribution < 1.29 is 17.6 Å². The number of benzene rings is 1. The lowest BCUT2D eigenvalue weighted by Crippen LogP contribution is -2.25. The lowest BCUT2D eigenvalue weighted by Gasteiger charge is -2.18.